The highest BCUT2D eigenvalue weighted by Crippen LogP contribution is 2.12. The first-order valence-corrected chi connectivity index (χ1v) is 5.64. The standard InChI is InChI=1S/C13H20O4/c1-15-12-5-3-11(4-6-12)10-17-8-7-13(9-14)16-2/h3-6,13-14H,7-10H2,1-2H3/t13-/m0/s1. The van der Waals surface area contributed by atoms with Gasteiger partial charge in [-0.25, -0.2) is 0 Å². The molecule has 1 N–H and O–H groups in total. The zero-order valence-electron chi connectivity index (χ0n) is 10.4. The summed E-state index contributed by atoms with van der Waals surface area (Å²) < 4.78 is 15.6. The molecule has 0 aromatic heterocycles. The van der Waals surface area contributed by atoms with Crippen LogP contribution in [0.3, 0.4) is 0 Å². The lowest BCUT2D eigenvalue weighted by Gasteiger charge is -2.12. The zero-order chi connectivity index (χ0) is 12.5. The van der Waals surface area contributed by atoms with Crippen molar-refractivity contribution in [3.05, 3.63) is 29.8 Å². The van der Waals surface area contributed by atoms with Crippen molar-refractivity contribution in [2.45, 2.75) is 19.1 Å². The van der Waals surface area contributed by atoms with E-state index in [9.17, 15) is 0 Å². The number of aliphatic hydroxyl groups is 1. The molecule has 4 nitrogen and oxygen atoms in total. The maximum Gasteiger partial charge on any atom is 0.118 e. The molecule has 0 aliphatic carbocycles. The Labute approximate surface area is 102 Å². The van der Waals surface area contributed by atoms with Gasteiger partial charge in [0.05, 0.1) is 26.4 Å². The molecule has 0 heterocycles. The van der Waals surface area contributed by atoms with Crippen molar-refractivity contribution in [2.24, 2.45) is 0 Å². The van der Waals surface area contributed by atoms with E-state index in [0.717, 1.165) is 11.3 Å². The molecule has 0 aliphatic rings. The van der Waals surface area contributed by atoms with Gasteiger partial charge in [0.15, 0.2) is 0 Å². The fourth-order valence-corrected chi connectivity index (χ4v) is 1.41. The van der Waals surface area contributed by atoms with Crippen LogP contribution in [0.4, 0.5) is 0 Å². The number of rotatable bonds is 8. The molecule has 0 unspecified atom stereocenters. The molecule has 17 heavy (non-hydrogen) atoms. The zero-order valence-corrected chi connectivity index (χ0v) is 10.4. The molecule has 1 aromatic carbocycles. The summed E-state index contributed by atoms with van der Waals surface area (Å²) in [4.78, 5) is 0. The number of aliphatic hydroxyl groups excluding tert-OH is 1. The highest BCUT2D eigenvalue weighted by molar-refractivity contribution is 5.26. The second-order valence-corrected chi connectivity index (χ2v) is 3.73. The van der Waals surface area contributed by atoms with Gasteiger partial charge in [-0.3, -0.25) is 0 Å². The molecule has 96 valence electrons. The topological polar surface area (TPSA) is 47.9 Å². The number of methoxy groups -OCH3 is 2. The number of ether oxygens (including phenoxy) is 3. The minimum Gasteiger partial charge on any atom is -0.497 e. The first-order valence-electron chi connectivity index (χ1n) is 5.64. The SMILES string of the molecule is COc1ccc(COCC[C@@H](CO)OC)cc1. The Balaban J connectivity index is 2.21. The van der Waals surface area contributed by atoms with Crippen LogP contribution in [0.5, 0.6) is 5.75 Å². The minimum absolute atomic E-state index is 0.0302. The Hall–Kier alpha value is -1.10. The fourth-order valence-electron chi connectivity index (χ4n) is 1.41. The molecule has 0 saturated carbocycles. The van der Waals surface area contributed by atoms with Gasteiger partial charge in [0, 0.05) is 13.7 Å². The number of hydrogen-bond donors (Lipinski definition) is 1. The van der Waals surface area contributed by atoms with Crippen LogP contribution < -0.4 is 4.74 Å². The van der Waals surface area contributed by atoms with E-state index in [0.29, 0.717) is 19.6 Å². The molecule has 4 heteroatoms. The predicted octanol–water partition coefficient (Wildman–Crippen LogP) is 1.61. The summed E-state index contributed by atoms with van der Waals surface area (Å²) in [6.45, 7) is 1.17. The normalized spacial score (nSPS) is 12.4. The highest BCUT2D eigenvalue weighted by Gasteiger charge is 2.04. The van der Waals surface area contributed by atoms with Gasteiger partial charge >= 0.3 is 0 Å². The van der Waals surface area contributed by atoms with Crippen LogP contribution in [0, 0.1) is 0 Å². The molecule has 0 radical (unpaired) electrons. The lowest BCUT2D eigenvalue weighted by Crippen LogP contribution is -2.17. The van der Waals surface area contributed by atoms with E-state index in [1.165, 1.54) is 0 Å². The molecule has 1 rings (SSSR count). The maximum absolute atomic E-state index is 8.91. The predicted molar refractivity (Wildman–Crippen MR) is 65.1 cm³/mol. The molecule has 0 aliphatic heterocycles. The van der Waals surface area contributed by atoms with E-state index in [2.05, 4.69) is 0 Å². The van der Waals surface area contributed by atoms with Crippen LogP contribution in [0.15, 0.2) is 24.3 Å². The molecule has 0 saturated heterocycles. The van der Waals surface area contributed by atoms with E-state index in [4.69, 9.17) is 19.3 Å². The third kappa shape index (κ3) is 5.17. The molecule has 0 amide bonds. The average Bonchev–Trinajstić information content (AvgIpc) is 2.40. The van der Waals surface area contributed by atoms with Crippen LogP contribution in [-0.2, 0) is 16.1 Å². The second-order valence-electron chi connectivity index (χ2n) is 3.73. The van der Waals surface area contributed by atoms with Crippen molar-refractivity contribution < 1.29 is 19.3 Å². The summed E-state index contributed by atoms with van der Waals surface area (Å²) in [5.74, 6) is 0.841. The summed E-state index contributed by atoms with van der Waals surface area (Å²) in [5, 5.41) is 8.91. The summed E-state index contributed by atoms with van der Waals surface area (Å²) >= 11 is 0. The third-order valence-electron chi connectivity index (χ3n) is 2.55. The van der Waals surface area contributed by atoms with Crippen molar-refractivity contribution in [1.82, 2.24) is 0 Å². The first kappa shape index (κ1) is 14.0. The summed E-state index contributed by atoms with van der Waals surface area (Å²) in [5.41, 5.74) is 1.10. The lowest BCUT2D eigenvalue weighted by molar-refractivity contribution is 0.0145. The molecule has 1 aromatic rings. The fraction of sp³-hybridized carbons (Fsp3) is 0.538. The largest absolute Gasteiger partial charge is 0.497 e. The van der Waals surface area contributed by atoms with E-state index >= 15 is 0 Å². The highest BCUT2D eigenvalue weighted by atomic mass is 16.5. The Morgan fingerprint density at radius 1 is 1.18 bits per heavy atom. The monoisotopic (exact) mass is 240 g/mol. The van der Waals surface area contributed by atoms with Gasteiger partial charge in [0.2, 0.25) is 0 Å². The van der Waals surface area contributed by atoms with Gasteiger partial charge in [-0.15, -0.1) is 0 Å². The van der Waals surface area contributed by atoms with Gasteiger partial charge in [-0.2, -0.15) is 0 Å². The quantitative estimate of drug-likeness (QED) is 0.701. The van der Waals surface area contributed by atoms with Gasteiger partial charge in [-0.1, -0.05) is 12.1 Å². The number of benzene rings is 1. The van der Waals surface area contributed by atoms with E-state index in [1.807, 2.05) is 24.3 Å². The maximum atomic E-state index is 8.91. The van der Waals surface area contributed by atoms with Gasteiger partial charge < -0.3 is 19.3 Å². The average molecular weight is 240 g/mol. The van der Waals surface area contributed by atoms with Gasteiger partial charge in [0.1, 0.15) is 5.75 Å². The van der Waals surface area contributed by atoms with Crippen molar-refractivity contribution in [2.75, 3.05) is 27.4 Å². The second kappa shape index (κ2) is 8.06. The summed E-state index contributed by atoms with van der Waals surface area (Å²) in [6, 6.07) is 7.76. The van der Waals surface area contributed by atoms with Gasteiger partial charge in [0.25, 0.3) is 0 Å². The third-order valence-corrected chi connectivity index (χ3v) is 2.55. The molecule has 0 bridgehead atoms. The Kier molecular flexibility index (Phi) is 6.62. The van der Waals surface area contributed by atoms with Crippen LogP contribution in [0.25, 0.3) is 0 Å². The molecule has 0 fully saturated rings. The van der Waals surface area contributed by atoms with Crippen LogP contribution >= 0.6 is 0 Å². The molecular weight excluding hydrogens is 220 g/mol. The molecule has 1 atom stereocenters. The van der Waals surface area contributed by atoms with E-state index in [-0.39, 0.29) is 12.7 Å². The number of hydrogen-bond acceptors (Lipinski definition) is 4. The lowest BCUT2D eigenvalue weighted by atomic mass is 10.2. The van der Waals surface area contributed by atoms with Crippen molar-refractivity contribution in [1.29, 1.82) is 0 Å². The van der Waals surface area contributed by atoms with Crippen molar-refractivity contribution in [3.63, 3.8) is 0 Å². The minimum atomic E-state index is -0.133. The smallest absolute Gasteiger partial charge is 0.118 e. The summed E-state index contributed by atoms with van der Waals surface area (Å²) in [6.07, 6.45) is 0.564. The molecular formula is C13H20O4. The summed E-state index contributed by atoms with van der Waals surface area (Å²) in [7, 11) is 3.23. The van der Waals surface area contributed by atoms with Crippen LogP contribution in [0.2, 0.25) is 0 Å². The van der Waals surface area contributed by atoms with E-state index < -0.39 is 0 Å². The Bertz CT molecular complexity index is 293. The first-order chi connectivity index (χ1) is 8.30. The van der Waals surface area contributed by atoms with Crippen LogP contribution in [0.1, 0.15) is 12.0 Å². The Morgan fingerprint density at radius 2 is 1.88 bits per heavy atom. The Morgan fingerprint density at radius 3 is 2.41 bits per heavy atom. The van der Waals surface area contributed by atoms with Crippen molar-refractivity contribution >= 4 is 0 Å². The van der Waals surface area contributed by atoms with Gasteiger partial charge in [-0.05, 0) is 24.1 Å². The van der Waals surface area contributed by atoms with Crippen molar-refractivity contribution in [3.8, 4) is 5.75 Å². The van der Waals surface area contributed by atoms with Crippen LogP contribution in [-0.4, -0.2) is 38.6 Å². The van der Waals surface area contributed by atoms with E-state index in [1.54, 1.807) is 14.2 Å². The molecule has 0 spiro atoms.